The number of carboxylic acid groups (broad SMARTS) is 1. The molecule has 5 heteroatoms. The smallest absolute Gasteiger partial charge is 0.307 e. The van der Waals surface area contributed by atoms with E-state index in [-0.39, 0.29) is 12.4 Å². The lowest BCUT2D eigenvalue weighted by Gasteiger charge is -2.17. The Labute approximate surface area is 121 Å². The van der Waals surface area contributed by atoms with Gasteiger partial charge in [0.25, 0.3) is 0 Å². The third-order valence-electron chi connectivity index (χ3n) is 3.63. The summed E-state index contributed by atoms with van der Waals surface area (Å²) in [5.74, 6) is -1.16. The Morgan fingerprint density at radius 1 is 1.25 bits per heavy atom. The number of aliphatic carboxylic acids is 1. The van der Waals surface area contributed by atoms with E-state index >= 15 is 0 Å². The van der Waals surface area contributed by atoms with Crippen LogP contribution in [-0.4, -0.2) is 47.7 Å². The van der Waals surface area contributed by atoms with Gasteiger partial charge in [0.2, 0.25) is 0 Å². The fourth-order valence-corrected chi connectivity index (χ4v) is 2.53. The van der Waals surface area contributed by atoms with E-state index in [0.29, 0.717) is 12.8 Å². The molecule has 1 unspecified atom stereocenters. The van der Waals surface area contributed by atoms with E-state index in [0.717, 1.165) is 38.9 Å². The maximum atomic E-state index is 11.7. The van der Waals surface area contributed by atoms with Gasteiger partial charge in [-0.3, -0.25) is 9.59 Å². The molecule has 0 amide bonds. The minimum Gasteiger partial charge on any atom is -0.481 e. The molecule has 1 aliphatic heterocycles. The number of hydrogen-bond donors (Lipinski definition) is 1. The zero-order valence-electron chi connectivity index (χ0n) is 12.5. The topological polar surface area (TPSA) is 66.8 Å². The van der Waals surface area contributed by atoms with Crippen molar-refractivity contribution in [3.05, 3.63) is 0 Å². The quantitative estimate of drug-likeness (QED) is 0.624. The van der Waals surface area contributed by atoms with Crippen molar-refractivity contribution in [2.45, 2.75) is 64.4 Å². The molecule has 0 aromatic carbocycles. The SMILES string of the molecule is CCCCC(CC(=O)O)OC(=O)CCCN1CCCC1. The van der Waals surface area contributed by atoms with E-state index < -0.39 is 12.1 Å². The Hall–Kier alpha value is -1.10. The number of carboxylic acids is 1. The molecular formula is C15H27NO4. The van der Waals surface area contributed by atoms with Crippen LogP contribution >= 0.6 is 0 Å². The summed E-state index contributed by atoms with van der Waals surface area (Å²) in [5, 5.41) is 8.82. The Bertz CT molecular complexity index is 300. The molecule has 0 bridgehead atoms. The van der Waals surface area contributed by atoms with Gasteiger partial charge in [-0.2, -0.15) is 0 Å². The zero-order valence-corrected chi connectivity index (χ0v) is 12.5. The second kappa shape index (κ2) is 9.75. The first-order chi connectivity index (χ1) is 9.61. The van der Waals surface area contributed by atoms with Gasteiger partial charge in [0.1, 0.15) is 6.10 Å². The van der Waals surface area contributed by atoms with Gasteiger partial charge in [0.15, 0.2) is 0 Å². The fourth-order valence-electron chi connectivity index (χ4n) is 2.53. The highest BCUT2D eigenvalue weighted by Gasteiger charge is 2.18. The molecular weight excluding hydrogens is 258 g/mol. The van der Waals surface area contributed by atoms with Gasteiger partial charge in [0, 0.05) is 6.42 Å². The minimum absolute atomic E-state index is 0.0855. The van der Waals surface area contributed by atoms with Gasteiger partial charge in [-0.1, -0.05) is 19.8 Å². The standard InChI is InChI=1S/C15H27NO4/c1-2-3-7-13(12-14(17)18)20-15(19)8-6-11-16-9-4-5-10-16/h13H,2-12H2,1H3,(H,17,18). The van der Waals surface area contributed by atoms with Gasteiger partial charge in [-0.15, -0.1) is 0 Å². The Balaban J connectivity index is 2.19. The first-order valence-electron chi connectivity index (χ1n) is 7.75. The molecule has 1 heterocycles. The lowest BCUT2D eigenvalue weighted by molar-refractivity contribution is -0.153. The highest BCUT2D eigenvalue weighted by Crippen LogP contribution is 2.12. The van der Waals surface area contributed by atoms with E-state index in [1.807, 2.05) is 6.92 Å². The molecule has 0 aromatic heterocycles. The number of ether oxygens (including phenoxy) is 1. The summed E-state index contributed by atoms with van der Waals surface area (Å²) in [6.45, 7) is 5.24. The number of rotatable bonds is 10. The Kier molecular flexibility index (Phi) is 8.26. The highest BCUT2D eigenvalue weighted by atomic mass is 16.5. The van der Waals surface area contributed by atoms with Crippen LogP contribution in [0, 0.1) is 0 Å². The van der Waals surface area contributed by atoms with Crippen LogP contribution < -0.4 is 0 Å². The average molecular weight is 285 g/mol. The van der Waals surface area contributed by atoms with Crippen LogP contribution in [-0.2, 0) is 14.3 Å². The fraction of sp³-hybridized carbons (Fsp3) is 0.867. The number of carbonyl (C=O) groups excluding carboxylic acids is 1. The molecule has 0 radical (unpaired) electrons. The predicted molar refractivity (Wildman–Crippen MR) is 76.6 cm³/mol. The van der Waals surface area contributed by atoms with Crippen LogP contribution in [0.3, 0.4) is 0 Å². The van der Waals surface area contributed by atoms with Crippen molar-refractivity contribution in [2.75, 3.05) is 19.6 Å². The van der Waals surface area contributed by atoms with Crippen molar-refractivity contribution < 1.29 is 19.4 Å². The van der Waals surface area contributed by atoms with Crippen LogP contribution in [0.15, 0.2) is 0 Å². The van der Waals surface area contributed by atoms with E-state index in [4.69, 9.17) is 9.84 Å². The van der Waals surface area contributed by atoms with E-state index in [1.165, 1.54) is 12.8 Å². The monoisotopic (exact) mass is 285 g/mol. The molecule has 1 N–H and O–H groups in total. The maximum Gasteiger partial charge on any atom is 0.307 e. The van der Waals surface area contributed by atoms with Crippen LogP contribution in [0.2, 0.25) is 0 Å². The van der Waals surface area contributed by atoms with Crippen LogP contribution in [0.1, 0.15) is 58.3 Å². The highest BCUT2D eigenvalue weighted by molar-refractivity contribution is 5.71. The predicted octanol–water partition coefficient (Wildman–Crippen LogP) is 2.44. The molecule has 116 valence electrons. The largest absolute Gasteiger partial charge is 0.481 e. The summed E-state index contributed by atoms with van der Waals surface area (Å²) in [6.07, 6.45) is 5.64. The first kappa shape index (κ1) is 17.0. The number of esters is 1. The van der Waals surface area contributed by atoms with Gasteiger partial charge >= 0.3 is 11.9 Å². The van der Waals surface area contributed by atoms with E-state index in [9.17, 15) is 9.59 Å². The normalized spacial score (nSPS) is 17.1. The molecule has 0 aliphatic carbocycles. The van der Waals surface area contributed by atoms with Gasteiger partial charge in [-0.25, -0.2) is 0 Å². The third-order valence-corrected chi connectivity index (χ3v) is 3.63. The summed E-state index contributed by atoms with van der Waals surface area (Å²) < 4.78 is 5.29. The Morgan fingerprint density at radius 2 is 1.95 bits per heavy atom. The van der Waals surface area contributed by atoms with E-state index in [1.54, 1.807) is 0 Å². The van der Waals surface area contributed by atoms with Gasteiger partial charge in [0.05, 0.1) is 6.42 Å². The summed E-state index contributed by atoms with van der Waals surface area (Å²) in [5.41, 5.74) is 0. The second-order valence-corrected chi connectivity index (χ2v) is 5.50. The molecule has 0 spiro atoms. The number of carbonyl (C=O) groups is 2. The number of unbranched alkanes of at least 4 members (excludes halogenated alkanes) is 1. The van der Waals surface area contributed by atoms with Gasteiger partial charge in [-0.05, 0) is 45.3 Å². The Morgan fingerprint density at radius 3 is 2.55 bits per heavy atom. The lowest BCUT2D eigenvalue weighted by Crippen LogP contribution is -2.24. The molecule has 1 saturated heterocycles. The number of nitrogens with zero attached hydrogens (tertiary/aromatic N) is 1. The maximum absolute atomic E-state index is 11.7. The van der Waals surface area contributed by atoms with Crippen molar-refractivity contribution in [1.82, 2.24) is 4.90 Å². The summed E-state index contributed by atoms with van der Waals surface area (Å²) in [7, 11) is 0. The third kappa shape index (κ3) is 7.48. The molecule has 0 aromatic rings. The molecule has 0 saturated carbocycles. The molecule has 1 fully saturated rings. The molecule has 1 rings (SSSR count). The minimum atomic E-state index is -0.907. The molecule has 5 nitrogen and oxygen atoms in total. The van der Waals surface area contributed by atoms with Crippen molar-refractivity contribution >= 4 is 11.9 Å². The summed E-state index contributed by atoms with van der Waals surface area (Å²) in [6, 6.07) is 0. The molecule has 20 heavy (non-hydrogen) atoms. The van der Waals surface area contributed by atoms with Crippen molar-refractivity contribution in [2.24, 2.45) is 0 Å². The lowest BCUT2D eigenvalue weighted by atomic mass is 10.1. The van der Waals surface area contributed by atoms with Crippen LogP contribution in [0.4, 0.5) is 0 Å². The van der Waals surface area contributed by atoms with Crippen molar-refractivity contribution in [3.8, 4) is 0 Å². The number of hydrogen-bond acceptors (Lipinski definition) is 4. The zero-order chi connectivity index (χ0) is 14.8. The van der Waals surface area contributed by atoms with Crippen LogP contribution in [0.25, 0.3) is 0 Å². The average Bonchev–Trinajstić information content (AvgIpc) is 2.88. The molecule has 1 aliphatic rings. The second-order valence-electron chi connectivity index (χ2n) is 5.50. The van der Waals surface area contributed by atoms with Crippen molar-refractivity contribution in [3.63, 3.8) is 0 Å². The summed E-state index contributed by atoms with van der Waals surface area (Å²) >= 11 is 0. The van der Waals surface area contributed by atoms with Crippen molar-refractivity contribution in [1.29, 1.82) is 0 Å². The van der Waals surface area contributed by atoms with Crippen LogP contribution in [0.5, 0.6) is 0 Å². The first-order valence-corrected chi connectivity index (χ1v) is 7.75. The molecule has 1 atom stereocenters. The van der Waals surface area contributed by atoms with Gasteiger partial charge < -0.3 is 14.7 Å². The number of likely N-dealkylation sites (tertiary alicyclic amines) is 1. The summed E-state index contributed by atoms with van der Waals surface area (Å²) in [4.78, 5) is 24.8. The van der Waals surface area contributed by atoms with E-state index in [2.05, 4.69) is 4.90 Å².